The Bertz CT molecular complexity index is 1310. The smallest absolute Gasteiger partial charge is 0.235 e. The second-order valence-corrected chi connectivity index (χ2v) is 7.50. The van der Waals surface area contributed by atoms with E-state index in [-0.39, 0.29) is 0 Å². The molecule has 0 radical (unpaired) electrons. The highest BCUT2D eigenvalue weighted by atomic mass is 32.1. The molecule has 0 unspecified atom stereocenters. The highest BCUT2D eigenvalue weighted by Gasteiger charge is 2.18. The van der Waals surface area contributed by atoms with E-state index in [0.717, 1.165) is 21.7 Å². The predicted octanol–water partition coefficient (Wildman–Crippen LogP) is 3.95. The number of para-hydroxylation sites is 1. The predicted molar refractivity (Wildman–Crippen MR) is 106 cm³/mol. The zero-order valence-electron chi connectivity index (χ0n) is 15.1. The van der Waals surface area contributed by atoms with Crippen molar-refractivity contribution in [3.05, 3.63) is 53.5 Å². The van der Waals surface area contributed by atoms with Gasteiger partial charge in [0, 0.05) is 11.5 Å². The van der Waals surface area contributed by atoms with Gasteiger partial charge < -0.3 is 18.6 Å². The van der Waals surface area contributed by atoms with E-state index < -0.39 is 0 Å². The fraction of sp³-hybridized carbons (Fsp3) is 0.150. The lowest BCUT2D eigenvalue weighted by Crippen LogP contribution is -2.15. The van der Waals surface area contributed by atoms with Crippen molar-refractivity contribution >= 4 is 27.3 Å². The standard InChI is InChI=1S/C20H14N4O4S/c1-2-4-14-12(3-1)9-17(28-14)19-21-22-20-24(19)23-18(29-20)11-27-13-5-6-15-16(10-13)26-8-7-25-15/h1-6,9-10H,7-8,11H2. The summed E-state index contributed by atoms with van der Waals surface area (Å²) >= 11 is 1.42. The molecule has 0 saturated heterocycles. The van der Waals surface area contributed by atoms with Crippen LogP contribution in [0.25, 0.3) is 27.5 Å². The average molecular weight is 406 g/mol. The number of furan rings is 1. The number of rotatable bonds is 4. The van der Waals surface area contributed by atoms with Gasteiger partial charge in [-0.05, 0) is 24.3 Å². The summed E-state index contributed by atoms with van der Waals surface area (Å²) in [6.45, 7) is 1.42. The number of ether oxygens (including phenoxy) is 3. The quantitative estimate of drug-likeness (QED) is 0.447. The maximum absolute atomic E-state index is 5.90. The molecule has 144 valence electrons. The van der Waals surface area contributed by atoms with Crippen LogP contribution in [0.4, 0.5) is 0 Å². The van der Waals surface area contributed by atoms with Gasteiger partial charge >= 0.3 is 0 Å². The first-order valence-corrected chi connectivity index (χ1v) is 9.88. The minimum absolute atomic E-state index is 0.313. The van der Waals surface area contributed by atoms with E-state index in [1.807, 2.05) is 48.5 Å². The van der Waals surface area contributed by atoms with Gasteiger partial charge in [0.05, 0.1) is 0 Å². The Morgan fingerprint density at radius 1 is 1.00 bits per heavy atom. The van der Waals surface area contributed by atoms with Crippen molar-refractivity contribution in [3.8, 4) is 28.8 Å². The second-order valence-electron chi connectivity index (χ2n) is 6.46. The topological polar surface area (TPSA) is 83.9 Å². The maximum atomic E-state index is 5.90. The Balaban J connectivity index is 1.26. The van der Waals surface area contributed by atoms with E-state index >= 15 is 0 Å². The normalized spacial score (nSPS) is 13.2. The first-order valence-electron chi connectivity index (χ1n) is 9.06. The van der Waals surface area contributed by atoms with Crippen LogP contribution in [0.1, 0.15) is 5.01 Å². The molecule has 1 aliphatic heterocycles. The molecule has 0 saturated carbocycles. The van der Waals surface area contributed by atoms with Crippen LogP contribution < -0.4 is 14.2 Å². The number of nitrogens with zero attached hydrogens (tertiary/aromatic N) is 4. The highest BCUT2D eigenvalue weighted by Crippen LogP contribution is 2.34. The molecule has 9 heteroatoms. The number of fused-ring (bicyclic) bond motifs is 3. The molecule has 8 nitrogen and oxygen atoms in total. The van der Waals surface area contributed by atoms with Crippen molar-refractivity contribution in [1.29, 1.82) is 0 Å². The van der Waals surface area contributed by atoms with Gasteiger partial charge in [-0.15, -0.1) is 10.2 Å². The molecule has 1 aliphatic rings. The minimum Gasteiger partial charge on any atom is -0.486 e. The summed E-state index contributed by atoms with van der Waals surface area (Å²) in [5.74, 6) is 3.32. The molecule has 0 bridgehead atoms. The molecule has 29 heavy (non-hydrogen) atoms. The third-order valence-corrected chi connectivity index (χ3v) is 5.43. The van der Waals surface area contributed by atoms with E-state index in [0.29, 0.717) is 47.9 Å². The summed E-state index contributed by atoms with van der Waals surface area (Å²) in [6.07, 6.45) is 0. The lowest BCUT2D eigenvalue weighted by molar-refractivity contribution is 0.170. The first kappa shape index (κ1) is 16.4. The molecule has 0 atom stereocenters. The first-order chi connectivity index (χ1) is 14.3. The molecule has 3 aromatic heterocycles. The van der Waals surface area contributed by atoms with Crippen molar-refractivity contribution in [2.45, 2.75) is 6.61 Å². The summed E-state index contributed by atoms with van der Waals surface area (Å²) in [5.41, 5.74) is 0.802. The third kappa shape index (κ3) is 2.87. The van der Waals surface area contributed by atoms with Crippen LogP contribution in [-0.2, 0) is 6.61 Å². The van der Waals surface area contributed by atoms with Gasteiger partial charge in [-0.2, -0.15) is 9.61 Å². The van der Waals surface area contributed by atoms with Crippen LogP contribution in [0.5, 0.6) is 17.2 Å². The van der Waals surface area contributed by atoms with E-state index in [9.17, 15) is 0 Å². The van der Waals surface area contributed by atoms with E-state index in [1.165, 1.54) is 11.3 Å². The van der Waals surface area contributed by atoms with Gasteiger partial charge in [0.25, 0.3) is 0 Å². The molecule has 0 N–H and O–H groups in total. The maximum Gasteiger partial charge on any atom is 0.235 e. The van der Waals surface area contributed by atoms with Gasteiger partial charge in [-0.3, -0.25) is 0 Å². The van der Waals surface area contributed by atoms with Gasteiger partial charge in [-0.25, -0.2) is 0 Å². The van der Waals surface area contributed by atoms with E-state index in [2.05, 4.69) is 15.3 Å². The average Bonchev–Trinajstić information content (AvgIpc) is 3.45. The Labute approximate surface area is 168 Å². The monoisotopic (exact) mass is 406 g/mol. The largest absolute Gasteiger partial charge is 0.486 e. The van der Waals surface area contributed by atoms with Crippen molar-refractivity contribution < 1.29 is 18.6 Å². The molecule has 6 rings (SSSR count). The molecule has 4 heterocycles. The van der Waals surface area contributed by atoms with Crippen LogP contribution in [0.3, 0.4) is 0 Å². The van der Waals surface area contributed by atoms with E-state index in [1.54, 1.807) is 4.52 Å². The van der Waals surface area contributed by atoms with Crippen molar-refractivity contribution in [2.75, 3.05) is 13.2 Å². The Hall–Kier alpha value is -3.59. The molecule has 5 aromatic rings. The van der Waals surface area contributed by atoms with E-state index in [4.69, 9.17) is 18.6 Å². The van der Waals surface area contributed by atoms with Gasteiger partial charge in [-0.1, -0.05) is 29.5 Å². The molecule has 0 fully saturated rings. The molecule has 0 amide bonds. The summed E-state index contributed by atoms with van der Waals surface area (Å²) < 4.78 is 24.6. The van der Waals surface area contributed by atoms with Crippen molar-refractivity contribution in [3.63, 3.8) is 0 Å². The van der Waals surface area contributed by atoms with Crippen molar-refractivity contribution in [1.82, 2.24) is 19.8 Å². The molecule has 0 spiro atoms. The lowest BCUT2D eigenvalue weighted by Gasteiger charge is -2.18. The summed E-state index contributed by atoms with van der Waals surface area (Å²) in [4.78, 5) is 0.682. The van der Waals surface area contributed by atoms with Gasteiger partial charge in [0.2, 0.25) is 10.8 Å². The zero-order chi connectivity index (χ0) is 19.2. The fourth-order valence-electron chi connectivity index (χ4n) is 3.22. The van der Waals surface area contributed by atoms with Gasteiger partial charge in [0.1, 0.15) is 31.2 Å². The van der Waals surface area contributed by atoms with Crippen LogP contribution in [-0.4, -0.2) is 33.0 Å². The van der Waals surface area contributed by atoms with Crippen LogP contribution in [0.15, 0.2) is 52.9 Å². The minimum atomic E-state index is 0.313. The number of aromatic nitrogens is 4. The van der Waals surface area contributed by atoms with Crippen LogP contribution >= 0.6 is 11.3 Å². The SMILES string of the molecule is c1ccc2oc(-c3nnc4sc(COc5ccc6c(c5)OCCO6)nn34)cc2c1. The van der Waals surface area contributed by atoms with Crippen LogP contribution in [0, 0.1) is 0 Å². The Morgan fingerprint density at radius 3 is 2.83 bits per heavy atom. The fourth-order valence-corrected chi connectivity index (χ4v) is 3.97. The molecule has 0 aliphatic carbocycles. The Kier molecular flexibility index (Phi) is 3.66. The third-order valence-electron chi connectivity index (χ3n) is 4.55. The summed E-state index contributed by atoms with van der Waals surface area (Å²) in [7, 11) is 0. The number of hydrogen-bond acceptors (Lipinski definition) is 8. The van der Waals surface area contributed by atoms with Crippen molar-refractivity contribution in [2.24, 2.45) is 0 Å². The van der Waals surface area contributed by atoms with Crippen LogP contribution in [0.2, 0.25) is 0 Å². The lowest BCUT2D eigenvalue weighted by atomic mass is 10.2. The molecular weight excluding hydrogens is 392 g/mol. The number of benzene rings is 2. The highest BCUT2D eigenvalue weighted by molar-refractivity contribution is 7.16. The summed E-state index contributed by atoms with van der Waals surface area (Å²) in [5, 5.41) is 14.8. The second kappa shape index (κ2) is 6.49. The zero-order valence-corrected chi connectivity index (χ0v) is 15.9. The summed E-state index contributed by atoms with van der Waals surface area (Å²) in [6, 6.07) is 15.3. The Morgan fingerprint density at radius 2 is 1.90 bits per heavy atom. The molecule has 2 aromatic carbocycles. The number of hydrogen-bond donors (Lipinski definition) is 0. The van der Waals surface area contributed by atoms with Gasteiger partial charge in [0.15, 0.2) is 22.3 Å². The molecular formula is C20H14N4O4S.